The molecule has 26 heavy (non-hydrogen) atoms. The van der Waals surface area contributed by atoms with Gasteiger partial charge < -0.3 is 17.0 Å². The molecule has 0 bridgehead atoms. The van der Waals surface area contributed by atoms with Crippen LogP contribution in [0.15, 0.2) is 0 Å². The Hall–Kier alpha value is -0.590. The number of carbonyl (C=O) groups excluding carboxylic acids is 1. The molecule has 1 atom stereocenters. The van der Waals surface area contributed by atoms with Gasteiger partial charge in [0.15, 0.2) is 0 Å². The van der Waals surface area contributed by atoms with Gasteiger partial charge >= 0.3 is 41.5 Å². The first-order chi connectivity index (χ1) is 12.0. The summed E-state index contributed by atoms with van der Waals surface area (Å²) in [5.41, 5.74) is 0. The third-order valence-electron chi connectivity index (χ3n) is 4.29. The van der Waals surface area contributed by atoms with Gasteiger partial charge in [0, 0.05) is 12.8 Å². The largest absolute Gasteiger partial charge is 1.00 e. The summed E-state index contributed by atoms with van der Waals surface area (Å²) in [7, 11) is 0. The van der Waals surface area contributed by atoms with Crippen LogP contribution >= 0.6 is 0 Å². The van der Waals surface area contributed by atoms with Crippen LogP contribution in [-0.4, -0.2) is 34.1 Å². The Balaban J connectivity index is -0.00000288. The minimum absolute atomic E-state index is 0. The molecule has 0 spiro atoms. The number of carbonyl (C=O) groups is 3. The van der Waals surface area contributed by atoms with Crippen LogP contribution < -0.4 is 34.9 Å². The fourth-order valence-corrected chi connectivity index (χ4v) is 2.74. The van der Waals surface area contributed by atoms with Crippen LogP contribution in [0.2, 0.25) is 0 Å². The predicted molar refractivity (Wildman–Crippen MR) is 98.6 cm³/mol. The molecule has 0 saturated heterocycles. The molecule has 0 radical (unpaired) electrons. The summed E-state index contributed by atoms with van der Waals surface area (Å²) in [4.78, 5) is 33.2. The Labute approximate surface area is 181 Å². The summed E-state index contributed by atoms with van der Waals surface area (Å²) in [5.74, 6) is -2.56. The Kier molecular flexibility index (Phi) is 20.4. The number of unbranched alkanes of at least 4 members (excludes halogenated alkanes) is 10. The van der Waals surface area contributed by atoms with Gasteiger partial charge in [-0.1, -0.05) is 71.1 Å². The van der Waals surface area contributed by atoms with Gasteiger partial charge in [0.05, 0.1) is 0 Å². The maximum Gasteiger partial charge on any atom is 1.00 e. The van der Waals surface area contributed by atoms with E-state index in [1.54, 1.807) is 0 Å². The molecule has 0 fully saturated rings. The molecular weight excluding hydrogens is 345 g/mol. The summed E-state index contributed by atoms with van der Waals surface area (Å²) in [6.07, 6.45) is 13.1. The van der Waals surface area contributed by atoms with Crippen molar-refractivity contribution in [3.63, 3.8) is 0 Å². The topological polar surface area (TPSA) is 104 Å². The average molecular weight is 381 g/mol. The third-order valence-corrected chi connectivity index (χ3v) is 4.29. The van der Waals surface area contributed by atoms with Crippen molar-refractivity contribution in [1.82, 2.24) is 5.32 Å². The van der Waals surface area contributed by atoms with Crippen LogP contribution in [0, 0.1) is 0 Å². The van der Waals surface area contributed by atoms with E-state index in [1.165, 1.54) is 51.4 Å². The average Bonchev–Trinajstić information content (AvgIpc) is 2.56. The fraction of sp³-hybridized carbons (Fsp3) is 0.842. The van der Waals surface area contributed by atoms with E-state index in [1.807, 2.05) is 0 Å². The van der Waals surface area contributed by atoms with Gasteiger partial charge in [0.25, 0.3) is 0 Å². The van der Waals surface area contributed by atoms with E-state index in [0.717, 1.165) is 19.3 Å². The van der Waals surface area contributed by atoms with E-state index < -0.39 is 18.0 Å². The molecule has 0 unspecified atom stereocenters. The van der Waals surface area contributed by atoms with E-state index in [4.69, 9.17) is 10.2 Å². The minimum Gasteiger partial charge on any atom is -1.00 e. The molecule has 0 rings (SSSR count). The van der Waals surface area contributed by atoms with Crippen molar-refractivity contribution in [2.45, 2.75) is 103 Å². The van der Waals surface area contributed by atoms with Crippen LogP contribution in [0.3, 0.4) is 0 Å². The maximum absolute atomic E-state index is 11.7. The number of aliphatic carboxylic acids is 2. The quantitative estimate of drug-likeness (QED) is 0.260. The molecule has 3 N–H and O–H groups in total. The van der Waals surface area contributed by atoms with Crippen molar-refractivity contribution >= 4 is 17.8 Å². The molecule has 0 aliphatic rings. The van der Waals surface area contributed by atoms with Crippen molar-refractivity contribution in [2.75, 3.05) is 0 Å². The van der Waals surface area contributed by atoms with E-state index in [-0.39, 0.29) is 49.7 Å². The zero-order valence-corrected chi connectivity index (χ0v) is 18.6. The minimum atomic E-state index is -1.19. The van der Waals surface area contributed by atoms with Gasteiger partial charge in [0.2, 0.25) is 5.91 Å². The first kappa shape index (κ1) is 27.6. The van der Waals surface area contributed by atoms with Crippen LogP contribution in [0.4, 0.5) is 0 Å². The fourth-order valence-electron chi connectivity index (χ4n) is 2.74. The van der Waals surface area contributed by atoms with Crippen LogP contribution in [-0.2, 0) is 14.4 Å². The molecule has 1 amide bonds. The second-order valence-corrected chi connectivity index (χ2v) is 6.68. The monoisotopic (exact) mass is 381 g/mol. The van der Waals surface area contributed by atoms with Crippen LogP contribution in [0.1, 0.15) is 98.2 Å². The second-order valence-electron chi connectivity index (χ2n) is 6.68. The van der Waals surface area contributed by atoms with E-state index in [9.17, 15) is 14.4 Å². The van der Waals surface area contributed by atoms with E-state index >= 15 is 0 Å². The summed E-state index contributed by atoms with van der Waals surface area (Å²) in [6.45, 7) is 2.22. The van der Waals surface area contributed by atoms with Gasteiger partial charge in [-0.2, -0.15) is 0 Å². The van der Waals surface area contributed by atoms with Gasteiger partial charge in [-0.25, -0.2) is 4.79 Å². The Morgan fingerprint density at radius 1 is 0.808 bits per heavy atom. The zero-order chi connectivity index (χ0) is 18.9. The molecule has 7 heteroatoms. The van der Waals surface area contributed by atoms with E-state index in [0.29, 0.717) is 6.42 Å². The molecule has 0 aliphatic carbocycles. The first-order valence-corrected chi connectivity index (χ1v) is 9.71. The summed E-state index contributed by atoms with van der Waals surface area (Å²) in [6, 6.07) is -1.11. The SMILES string of the molecule is CCCCCCCCCCCCCC(=O)N[C@H](CCC(=O)O)C(=O)O.[H-].[Na+]. The number of nitrogens with one attached hydrogen (secondary N) is 1. The molecular formula is C19H36NNaO5. The summed E-state index contributed by atoms with van der Waals surface area (Å²) < 4.78 is 0. The van der Waals surface area contributed by atoms with Crippen molar-refractivity contribution in [3.05, 3.63) is 0 Å². The summed E-state index contributed by atoms with van der Waals surface area (Å²) >= 11 is 0. The van der Waals surface area contributed by atoms with Gasteiger partial charge in [0.1, 0.15) is 6.04 Å². The van der Waals surface area contributed by atoms with Crippen molar-refractivity contribution in [1.29, 1.82) is 0 Å². The normalized spacial score (nSPS) is 11.4. The zero-order valence-electron chi connectivity index (χ0n) is 17.6. The smallest absolute Gasteiger partial charge is 1.00 e. The van der Waals surface area contributed by atoms with E-state index in [2.05, 4.69) is 12.2 Å². The molecule has 0 aromatic rings. The number of hydrogen-bond acceptors (Lipinski definition) is 3. The van der Waals surface area contributed by atoms with Crippen LogP contribution in [0.5, 0.6) is 0 Å². The number of hydrogen-bond donors (Lipinski definition) is 3. The standard InChI is InChI=1S/C19H35NO5.Na.H/c1-2-3-4-5-6-7-8-9-10-11-12-13-17(21)20-16(19(24)25)14-15-18(22)23;;/h16H,2-15H2,1H3,(H,20,21)(H,22,23)(H,24,25);;/q;+1;-1/t16-;;/m1../s1. The molecule has 0 heterocycles. The molecule has 0 aromatic carbocycles. The van der Waals surface area contributed by atoms with Gasteiger partial charge in [-0.15, -0.1) is 0 Å². The Morgan fingerprint density at radius 2 is 1.27 bits per heavy atom. The summed E-state index contributed by atoms with van der Waals surface area (Å²) in [5, 5.41) is 20.0. The van der Waals surface area contributed by atoms with Gasteiger partial charge in [-0.3, -0.25) is 9.59 Å². The number of carboxylic acids is 2. The molecule has 0 aliphatic heterocycles. The molecule has 0 saturated carbocycles. The maximum atomic E-state index is 11.7. The number of carboxylic acid groups (broad SMARTS) is 2. The van der Waals surface area contributed by atoms with Gasteiger partial charge in [-0.05, 0) is 12.8 Å². The molecule has 0 aromatic heterocycles. The second kappa shape index (κ2) is 19.2. The van der Waals surface area contributed by atoms with Crippen LogP contribution in [0.25, 0.3) is 0 Å². The predicted octanol–water partition coefficient (Wildman–Crippen LogP) is 1.24. The molecule has 6 nitrogen and oxygen atoms in total. The third kappa shape index (κ3) is 18.2. The Morgan fingerprint density at radius 3 is 1.69 bits per heavy atom. The van der Waals surface area contributed by atoms with Crippen molar-refractivity contribution < 1.29 is 55.6 Å². The number of rotatable bonds is 17. The Bertz CT molecular complexity index is 396. The van der Waals surface area contributed by atoms with Crippen molar-refractivity contribution in [3.8, 4) is 0 Å². The molecule has 148 valence electrons. The number of amides is 1. The van der Waals surface area contributed by atoms with Crippen molar-refractivity contribution in [2.24, 2.45) is 0 Å². The first-order valence-electron chi connectivity index (χ1n) is 9.71.